The largest absolute Gasteiger partial charge is 0.507 e. The van der Waals surface area contributed by atoms with Crippen molar-refractivity contribution in [3.63, 3.8) is 0 Å². The van der Waals surface area contributed by atoms with Crippen LogP contribution in [0.1, 0.15) is 17.2 Å². The number of likely N-dealkylation sites (tertiary alicyclic amines) is 1. The second-order valence-electron chi connectivity index (χ2n) is 7.49. The number of benzene rings is 2. The maximum Gasteiger partial charge on any atom is 0.295 e. The standard InChI is InChI=1S/C24H26N2O4/c1-4-15-30-19-12-8-11-18(16-19)21-20(22(27)17-9-6-5-7-10-17)23(28)24(29)26(21)14-13-25(2)3/h4-12,16,21,27H,1,13-15H2,2-3H3/p+1/t21-/m0/s1. The van der Waals surface area contributed by atoms with E-state index in [2.05, 4.69) is 6.58 Å². The zero-order valence-corrected chi connectivity index (χ0v) is 17.3. The first kappa shape index (κ1) is 21.3. The van der Waals surface area contributed by atoms with Gasteiger partial charge in [-0.3, -0.25) is 9.59 Å². The van der Waals surface area contributed by atoms with Crippen LogP contribution >= 0.6 is 0 Å². The average Bonchev–Trinajstić information content (AvgIpc) is 3.01. The molecule has 6 nitrogen and oxygen atoms in total. The highest BCUT2D eigenvalue weighted by Crippen LogP contribution is 2.39. The lowest BCUT2D eigenvalue weighted by molar-refractivity contribution is -0.857. The fourth-order valence-electron chi connectivity index (χ4n) is 3.48. The molecule has 2 aromatic carbocycles. The van der Waals surface area contributed by atoms with Crippen molar-refractivity contribution in [1.29, 1.82) is 0 Å². The number of amides is 1. The zero-order valence-electron chi connectivity index (χ0n) is 17.3. The lowest BCUT2D eigenvalue weighted by Crippen LogP contribution is -3.06. The van der Waals surface area contributed by atoms with E-state index in [9.17, 15) is 14.7 Å². The molecule has 1 heterocycles. The molecule has 2 N–H and O–H groups in total. The number of rotatable bonds is 8. The van der Waals surface area contributed by atoms with E-state index in [0.29, 0.717) is 36.6 Å². The van der Waals surface area contributed by atoms with Crippen LogP contribution in [0.2, 0.25) is 0 Å². The smallest absolute Gasteiger partial charge is 0.295 e. The Morgan fingerprint density at radius 2 is 1.90 bits per heavy atom. The van der Waals surface area contributed by atoms with Gasteiger partial charge in [-0.2, -0.15) is 0 Å². The van der Waals surface area contributed by atoms with Gasteiger partial charge in [0.2, 0.25) is 0 Å². The number of carbonyl (C=O) groups is 2. The van der Waals surface area contributed by atoms with E-state index in [1.807, 2.05) is 32.3 Å². The van der Waals surface area contributed by atoms with Crippen molar-refractivity contribution in [3.8, 4) is 5.75 Å². The van der Waals surface area contributed by atoms with Crippen LogP contribution in [0.25, 0.3) is 5.76 Å². The van der Waals surface area contributed by atoms with E-state index in [-0.39, 0.29) is 11.3 Å². The number of aliphatic hydroxyl groups excluding tert-OH is 1. The number of hydrogen-bond acceptors (Lipinski definition) is 4. The third-order valence-corrected chi connectivity index (χ3v) is 4.98. The zero-order chi connectivity index (χ0) is 21.7. The first-order chi connectivity index (χ1) is 14.4. The van der Waals surface area contributed by atoms with Crippen molar-refractivity contribution < 1.29 is 24.3 Å². The number of Topliss-reactive ketones (excluding diaryl/α,β-unsaturated/α-hetero) is 1. The second-order valence-corrected chi connectivity index (χ2v) is 7.49. The molecule has 0 radical (unpaired) electrons. The Labute approximate surface area is 176 Å². The Hall–Kier alpha value is -3.38. The van der Waals surface area contributed by atoms with Crippen LogP contribution < -0.4 is 9.64 Å². The summed E-state index contributed by atoms with van der Waals surface area (Å²) >= 11 is 0. The predicted octanol–water partition coefficient (Wildman–Crippen LogP) is 1.82. The van der Waals surface area contributed by atoms with Crippen molar-refractivity contribution >= 4 is 17.4 Å². The van der Waals surface area contributed by atoms with Crippen molar-refractivity contribution in [3.05, 3.63) is 84.0 Å². The lowest BCUT2D eigenvalue weighted by atomic mass is 9.95. The number of likely N-dealkylation sites (N-methyl/N-ethyl adjacent to an activating group) is 1. The minimum atomic E-state index is -0.683. The van der Waals surface area contributed by atoms with Crippen LogP contribution in [0, 0.1) is 0 Å². The second kappa shape index (κ2) is 9.41. The number of ketones is 1. The Bertz CT molecular complexity index is 966. The molecule has 1 fully saturated rings. The van der Waals surface area contributed by atoms with Gasteiger partial charge in [-0.05, 0) is 17.7 Å². The molecular weight excluding hydrogens is 380 g/mol. The molecule has 1 aliphatic rings. The third-order valence-electron chi connectivity index (χ3n) is 4.98. The molecule has 3 rings (SSSR count). The highest BCUT2D eigenvalue weighted by molar-refractivity contribution is 6.46. The number of quaternary nitrogens is 1. The summed E-state index contributed by atoms with van der Waals surface area (Å²) in [5.41, 5.74) is 1.31. The van der Waals surface area contributed by atoms with Crippen LogP contribution in [0.15, 0.2) is 72.8 Å². The van der Waals surface area contributed by atoms with E-state index < -0.39 is 17.7 Å². The Kier molecular flexibility index (Phi) is 6.69. The molecule has 0 saturated carbocycles. The topological polar surface area (TPSA) is 71.3 Å². The third kappa shape index (κ3) is 4.44. The molecule has 0 spiro atoms. The van der Waals surface area contributed by atoms with Crippen LogP contribution in [0.5, 0.6) is 5.75 Å². The van der Waals surface area contributed by atoms with Gasteiger partial charge in [-0.1, -0.05) is 55.1 Å². The van der Waals surface area contributed by atoms with E-state index >= 15 is 0 Å². The molecule has 156 valence electrons. The van der Waals surface area contributed by atoms with Gasteiger partial charge in [0.05, 0.1) is 38.8 Å². The van der Waals surface area contributed by atoms with E-state index in [0.717, 1.165) is 4.90 Å². The first-order valence-corrected chi connectivity index (χ1v) is 9.90. The number of nitrogens with zero attached hydrogens (tertiary/aromatic N) is 1. The van der Waals surface area contributed by atoms with Crippen molar-refractivity contribution in [1.82, 2.24) is 4.90 Å². The molecule has 0 unspecified atom stereocenters. The quantitative estimate of drug-likeness (QED) is 0.303. The molecule has 0 aliphatic carbocycles. The van der Waals surface area contributed by atoms with Gasteiger partial charge in [-0.25, -0.2) is 0 Å². The van der Waals surface area contributed by atoms with Crippen molar-refractivity contribution in [2.75, 3.05) is 33.8 Å². The van der Waals surface area contributed by atoms with Gasteiger partial charge in [0, 0.05) is 5.56 Å². The minimum absolute atomic E-state index is 0.0980. The summed E-state index contributed by atoms with van der Waals surface area (Å²) in [6, 6.07) is 15.4. The monoisotopic (exact) mass is 407 g/mol. The van der Waals surface area contributed by atoms with Crippen LogP contribution in [0.4, 0.5) is 0 Å². The van der Waals surface area contributed by atoms with Gasteiger partial charge < -0.3 is 19.6 Å². The Morgan fingerprint density at radius 3 is 2.57 bits per heavy atom. The molecular formula is C24H27N2O4+. The fraction of sp³-hybridized carbons (Fsp3) is 0.250. The summed E-state index contributed by atoms with van der Waals surface area (Å²) in [7, 11) is 3.97. The number of aliphatic hydroxyl groups is 1. The SMILES string of the molecule is C=CCOc1cccc([C@H]2C(=C(O)c3ccccc3)C(=O)C(=O)N2CC[NH+](C)C)c1. The van der Waals surface area contributed by atoms with Crippen LogP contribution in [-0.2, 0) is 9.59 Å². The number of nitrogens with one attached hydrogen (secondary N) is 1. The summed E-state index contributed by atoms with van der Waals surface area (Å²) in [6.45, 7) is 5.05. The summed E-state index contributed by atoms with van der Waals surface area (Å²) in [6.07, 6.45) is 1.65. The number of ether oxygens (including phenoxy) is 1. The van der Waals surface area contributed by atoms with Crippen LogP contribution in [0.3, 0.4) is 0 Å². The van der Waals surface area contributed by atoms with Gasteiger partial charge >= 0.3 is 0 Å². The van der Waals surface area contributed by atoms with Gasteiger partial charge in [0.15, 0.2) is 0 Å². The molecule has 1 atom stereocenters. The van der Waals surface area contributed by atoms with Crippen LogP contribution in [-0.4, -0.2) is 55.5 Å². The highest BCUT2D eigenvalue weighted by Gasteiger charge is 2.46. The number of hydrogen-bond donors (Lipinski definition) is 2. The lowest BCUT2D eigenvalue weighted by Gasteiger charge is -2.26. The molecule has 30 heavy (non-hydrogen) atoms. The first-order valence-electron chi connectivity index (χ1n) is 9.90. The minimum Gasteiger partial charge on any atom is -0.507 e. The molecule has 0 bridgehead atoms. The number of carbonyl (C=O) groups excluding carboxylic acids is 2. The van der Waals surface area contributed by atoms with E-state index in [1.54, 1.807) is 42.5 Å². The molecule has 6 heteroatoms. The maximum absolute atomic E-state index is 13.0. The van der Waals surface area contributed by atoms with E-state index in [4.69, 9.17) is 4.74 Å². The summed E-state index contributed by atoms with van der Waals surface area (Å²) < 4.78 is 5.63. The normalized spacial score (nSPS) is 18.1. The highest BCUT2D eigenvalue weighted by atomic mass is 16.5. The summed E-state index contributed by atoms with van der Waals surface area (Å²) in [5.74, 6) is -0.837. The van der Waals surface area contributed by atoms with Crippen molar-refractivity contribution in [2.45, 2.75) is 6.04 Å². The van der Waals surface area contributed by atoms with Crippen molar-refractivity contribution in [2.24, 2.45) is 0 Å². The van der Waals surface area contributed by atoms with E-state index in [1.165, 1.54) is 4.90 Å². The summed E-state index contributed by atoms with van der Waals surface area (Å²) in [5, 5.41) is 11.0. The molecule has 1 saturated heterocycles. The molecule has 2 aromatic rings. The molecule has 0 aromatic heterocycles. The average molecular weight is 407 g/mol. The maximum atomic E-state index is 13.0. The Balaban J connectivity index is 2.11. The van der Waals surface area contributed by atoms with Gasteiger partial charge in [0.1, 0.15) is 18.1 Å². The molecule has 1 amide bonds. The Morgan fingerprint density at radius 1 is 1.17 bits per heavy atom. The summed E-state index contributed by atoms with van der Waals surface area (Å²) in [4.78, 5) is 28.5. The predicted molar refractivity (Wildman–Crippen MR) is 115 cm³/mol. The van der Waals surface area contributed by atoms with Gasteiger partial charge in [-0.15, -0.1) is 0 Å². The fourth-order valence-corrected chi connectivity index (χ4v) is 3.48. The molecule has 1 aliphatic heterocycles. The van der Waals surface area contributed by atoms with Gasteiger partial charge in [0.25, 0.3) is 11.7 Å².